The molecular weight excluding hydrogens is 194 g/mol. The van der Waals surface area contributed by atoms with E-state index in [1.165, 1.54) is 5.56 Å². The Morgan fingerprint density at radius 2 is 2.57 bits per heavy atom. The van der Waals surface area contributed by atoms with Gasteiger partial charge in [-0.2, -0.15) is 11.3 Å². The molecule has 0 saturated carbocycles. The molecule has 0 aromatic carbocycles. The summed E-state index contributed by atoms with van der Waals surface area (Å²) in [6.45, 7) is 1.90. The van der Waals surface area contributed by atoms with Gasteiger partial charge in [0, 0.05) is 18.9 Å². The van der Waals surface area contributed by atoms with Crippen LogP contribution in [-0.2, 0) is 11.2 Å². The number of hydrogen-bond acceptors (Lipinski definition) is 3. The van der Waals surface area contributed by atoms with E-state index >= 15 is 0 Å². The second-order valence-electron chi connectivity index (χ2n) is 3.79. The molecule has 1 N–H and O–H groups in total. The molecule has 0 bridgehead atoms. The topological polar surface area (TPSA) is 29.1 Å². The van der Waals surface area contributed by atoms with E-state index in [0.29, 0.717) is 12.2 Å². The molecule has 1 aliphatic heterocycles. The van der Waals surface area contributed by atoms with Gasteiger partial charge in [0.1, 0.15) is 5.78 Å². The molecule has 1 fully saturated rings. The maximum Gasteiger partial charge on any atom is 0.137 e. The lowest BCUT2D eigenvalue weighted by molar-refractivity contribution is -0.122. The molecule has 0 spiro atoms. The van der Waals surface area contributed by atoms with Crippen molar-refractivity contribution in [1.29, 1.82) is 0 Å². The van der Waals surface area contributed by atoms with Crippen LogP contribution in [0.2, 0.25) is 0 Å². The maximum absolute atomic E-state index is 11.7. The lowest BCUT2D eigenvalue weighted by Crippen LogP contribution is -2.18. The fourth-order valence-electron chi connectivity index (χ4n) is 1.84. The summed E-state index contributed by atoms with van der Waals surface area (Å²) in [5.74, 6) is 0.717. The minimum atomic E-state index is 0.286. The van der Waals surface area contributed by atoms with Gasteiger partial charge in [-0.1, -0.05) is 0 Å². The Labute approximate surface area is 88.3 Å². The number of ketones is 1. The number of thiophene rings is 1. The van der Waals surface area contributed by atoms with Crippen LogP contribution in [0, 0.1) is 5.92 Å². The van der Waals surface area contributed by atoms with Gasteiger partial charge in [0.25, 0.3) is 0 Å². The average molecular weight is 209 g/mol. The van der Waals surface area contributed by atoms with E-state index in [1.807, 2.05) is 0 Å². The fourth-order valence-corrected chi connectivity index (χ4v) is 2.54. The Hall–Kier alpha value is -0.670. The predicted octanol–water partition coefficient (Wildman–Crippen LogP) is 1.86. The van der Waals surface area contributed by atoms with Crippen molar-refractivity contribution in [3.05, 3.63) is 22.4 Å². The van der Waals surface area contributed by atoms with Gasteiger partial charge >= 0.3 is 0 Å². The monoisotopic (exact) mass is 209 g/mol. The number of aryl methyl sites for hydroxylation is 1. The van der Waals surface area contributed by atoms with Crippen LogP contribution in [0.5, 0.6) is 0 Å². The van der Waals surface area contributed by atoms with Crippen LogP contribution in [0.25, 0.3) is 0 Å². The van der Waals surface area contributed by atoms with E-state index in [1.54, 1.807) is 11.3 Å². The third-order valence-electron chi connectivity index (χ3n) is 2.76. The normalized spacial score (nSPS) is 21.3. The molecule has 1 aromatic heterocycles. The second kappa shape index (κ2) is 4.71. The lowest BCUT2D eigenvalue weighted by atomic mass is 9.98. The van der Waals surface area contributed by atoms with Crippen molar-refractivity contribution in [2.75, 3.05) is 13.1 Å². The molecule has 1 unspecified atom stereocenters. The summed E-state index contributed by atoms with van der Waals surface area (Å²) in [6, 6.07) is 2.10. The molecule has 2 nitrogen and oxygen atoms in total. The molecule has 2 heterocycles. The first-order valence-corrected chi connectivity index (χ1v) is 6.05. The van der Waals surface area contributed by atoms with E-state index in [2.05, 4.69) is 22.1 Å². The number of Topliss-reactive ketones (excluding diaryl/α,β-unsaturated/α-hetero) is 1. The first kappa shape index (κ1) is 9.87. The SMILES string of the molecule is O=C(CCc1ccsc1)C1CCNC1. The highest BCUT2D eigenvalue weighted by atomic mass is 32.1. The van der Waals surface area contributed by atoms with Gasteiger partial charge in [-0.3, -0.25) is 4.79 Å². The number of carbonyl (C=O) groups is 1. The summed E-state index contributed by atoms with van der Waals surface area (Å²) < 4.78 is 0. The Morgan fingerprint density at radius 3 is 3.21 bits per heavy atom. The largest absolute Gasteiger partial charge is 0.316 e. The number of rotatable bonds is 4. The molecular formula is C11H15NOS. The third-order valence-corrected chi connectivity index (χ3v) is 3.49. The summed E-state index contributed by atoms with van der Waals surface area (Å²) in [5.41, 5.74) is 1.30. The van der Waals surface area contributed by atoms with Crippen LogP contribution in [0.4, 0.5) is 0 Å². The zero-order valence-corrected chi connectivity index (χ0v) is 8.98. The highest BCUT2D eigenvalue weighted by Gasteiger charge is 2.21. The lowest BCUT2D eigenvalue weighted by Gasteiger charge is -2.05. The zero-order chi connectivity index (χ0) is 9.80. The van der Waals surface area contributed by atoms with Crippen molar-refractivity contribution < 1.29 is 4.79 Å². The van der Waals surface area contributed by atoms with Gasteiger partial charge in [-0.25, -0.2) is 0 Å². The van der Waals surface area contributed by atoms with Crippen molar-refractivity contribution in [2.24, 2.45) is 5.92 Å². The van der Waals surface area contributed by atoms with Crippen molar-refractivity contribution in [3.8, 4) is 0 Å². The zero-order valence-electron chi connectivity index (χ0n) is 8.16. The van der Waals surface area contributed by atoms with Gasteiger partial charge in [0.05, 0.1) is 0 Å². The van der Waals surface area contributed by atoms with Crippen molar-refractivity contribution in [3.63, 3.8) is 0 Å². The van der Waals surface area contributed by atoms with E-state index in [-0.39, 0.29) is 5.92 Å². The highest BCUT2D eigenvalue weighted by molar-refractivity contribution is 7.07. The molecule has 0 amide bonds. The first-order valence-electron chi connectivity index (χ1n) is 5.11. The fraction of sp³-hybridized carbons (Fsp3) is 0.545. The molecule has 0 aliphatic carbocycles. The van der Waals surface area contributed by atoms with Crippen LogP contribution in [-0.4, -0.2) is 18.9 Å². The summed E-state index contributed by atoms with van der Waals surface area (Å²) >= 11 is 1.70. The molecule has 1 saturated heterocycles. The van der Waals surface area contributed by atoms with E-state index < -0.39 is 0 Å². The van der Waals surface area contributed by atoms with Crippen LogP contribution in [0.15, 0.2) is 16.8 Å². The van der Waals surface area contributed by atoms with Gasteiger partial charge in [0.15, 0.2) is 0 Å². The van der Waals surface area contributed by atoms with Crippen molar-refractivity contribution in [2.45, 2.75) is 19.3 Å². The second-order valence-corrected chi connectivity index (χ2v) is 4.57. The minimum Gasteiger partial charge on any atom is -0.316 e. The Morgan fingerprint density at radius 1 is 1.64 bits per heavy atom. The summed E-state index contributed by atoms with van der Waals surface area (Å²) in [6.07, 6.45) is 2.66. The van der Waals surface area contributed by atoms with Gasteiger partial charge in [-0.05, 0) is 41.8 Å². The van der Waals surface area contributed by atoms with Gasteiger partial charge in [-0.15, -0.1) is 0 Å². The van der Waals surface area contributed by atoms with Gasteiger partial charge in [0.2, 0.25) is 0 Å². The minimum absolute atomic E-state index is 0.286. The number of nitrogens with one attached hydrogen (secondary N) is 1. The van der Waals surface area contributed by atoms with Crippen LogP contribution in [0.3, 0.4) is 0 Å². The predicted molar refractivity (Wildman–Crippen MR) is 58.6 cm³/mol. The van der Waals surface area contributed by atoms with E-state index in [4.69, 9.17) is 0 Å². The Balaban J connectivity index is 1.77. The molecule has 0 radical (unpaired) electrons. The van der Waals surface area contributed by atoms with E-state index in [9.17, 15) is 4.79 Å². The molecule has 1 aliphatic rings. The molecule has 1 aromatic rings. The standard InChI is InChI=1S/C11H15NOS/c13-11(10-3-5-12-7-10)2-1-9-4-6-14-8-9/h4,6,8,10,12H,1-3,5,7H2. The summed E-state index contributed by atoms with van der Waals surface area (Å²) in [4.78, 5) is 11.7. The number of hydrogen-bond donors (Lipinski definition) is 1. The van der Waals surface area contributed by atoms with Crippen LogP contribution < -0.4 is 5.32 Å². The summed E-state index contributed by atoms with van der Waals surface area (Å²) in [5, 5.41) is 7.42. The number of carbonyl (C=O) groups excluding carboxylic acids is 1. The molecule has 2 rings (SSSR count). The maximum atomic E-state index is 11.7. The summed E-state index contributed by atoms with van der Waals surface area (Å²) in [7, 11) is 0. The quantitative estimate of drug-likeness (QED) is 0.820. The first-order chi connectivity index (χ1) is 6.86. The molecule has 3 heteroatoms. The van der Waals surface area contributed by atoms with Crippen molar-refractivity contribution in [1.82, 2.24) is 5.32 Å². The third kappa shape index (κ3) is 2.42. The smallest absolute Gasteiger partial charge is 0.137 e. The average Bonchev–Trinajstić information content (AvgIpc) is 2.87. The van der Waals surface area contributed by atoms with Crippen LogP contribution >= 0.6 is 11.3 Å². The van der Waals surface area contributed by atoms with Crippen molar-refractivity contribution >= 4 is 17.1 Å². The molecule has 76 valence electrons. The Bertz CT molecular complexity index is 288. The van der Waals surface area contributed by atoms with Gasteiger partial charge < -0.3 is 5.32 Å². The molecule has 1 atom stereocenters. The van der Waals surface area contributed by atoms with E-state index in [0.717, 1.165) is 25.9 Å². The highest BCUT2D eigenvalue weighted by Crippen LogP contribution is 2.14. The van der Waals surface area contributed by atoms with Crippen LogP contribution in [0.1, 0.15) is 18.4 Å². The molecule has 14 heavy (non-hydrogen) atoms. The Kier molecular flexibility index (Phi) is 3.32.